The highest BCUT2D eigenvalue weighted by Crippen LogP contribution is 2.20. The lowest BCUT2D eigenvalue weighted by Gasteiger charge is -2.10. The number of benzene rings is 1. The predicted octanol–water partition coefficient (Wildman–Crippen LogP) is 2.14. The fourth-order valence-electron chi connectivity index (χ4n) is 1.82. The molecular weight excluding hydrogens is 260 g/mol. The van der Waals surface area contributed by atoms with Crippen LogP contribution in [0.15, 0.2) is 53.7 Å². The molecule has 5 heteroatoms. The molecule has 0 spiro atoms. The predicted molar refractivity (Wildman–Crippen MR) is 76.0 cm³/mol. The van der Waals surface area contributed by atoms with Crippen molar-refractivity contribution < 1.29 is 8.42 Å². The zero-order valence-electron chi connectivity index (χ0n) is 10.7. The molecule has 4 nitrogen and oxygen atoms in total. The third-order valence-electron chi connectivity index (χ3n) is 2.74. The van der Waals surface area contributed by atoms with Gasteiger partial charge in [-0.3, -0.25) is 4.98 Å². The van der Waals surface area contributed by atoms with Gasteiger partial charge >= 0.3 is 0 Å². The lowest BCUT2D eigenvalue weighted by Crippen LogP contribution is -2.09. The van der Waals surface area contributed by atoms with Crippen molar-refractivity contribution in [2.24, 2.45) is 0 Å². The van der Waals surface area contributed by atoms with Crippen molar-refractivity contribution >= 4 is 15.5 Å². The van der Waals surface area contributed by atoms with Gasteiger partial charge in [-0.05, 0) is 30.2 Å². The van der Waals surface area contributed by atoms with E-state index >= 15 is 0 Å². The van der Waals surface area contributed by atoms with Crippen molar-refractivity contribution in [1.29, 1.82) is 0 Å². The summed E-state index contributed by atoms with van der Waals surface area (Å²) in [6.07, 6.45) is 5.56. The summed E-state index contributed by atoms with van der Waals surface area (Å²) in [4.78, 5) is 4.38. The summed E-state index contributed by atoms with van der Waals surface area (Å²) < 4.78 is 23.3. The number of aromatic nitrogens is 1. The van der Waals surface area contributed by atoms with E-state index in [9.17, 15) is 8.42 Å². The molecule has 0 fully saturated rings. The van der Waals surface area contributed by atoms with Crippen LogP contribution in [-0.2, 0) is 16.3 Å². The van der Waals surface area contributed by atoms with Crippen LogP contribution in [0, 0.1) is 0 Å². The Balaban J connectivity index is 2.05. The van der Waals surface area contributed by atoms with Gasteiger partial charge in [-0.15, -0.1) is 0 Å². The van der Waals surface area contributed by atoms with Crippen LogP contribution in [-0.4, -0.2) is 26.2 Å². The molecule has 19 heavy (non-hydrogen) atoms. The Hall–Kier alpha value is -1.88. The second kappa shape index (κ2) is 5.84. The summed E-state index contributed by atoms with van der Waals surface area (Å²) in [5.74, 6) is 0. The molecule has 0 saturated carbocycles. The minimum atomic E-state index is -3.20. The van der Waals surface area contributed by atoms with Gasteiger partial charge in [0.15, 0.2) is 9.84 Å². The van der Waals surface area contributed by atoms with E-state index in [1.165, 1.54) is 6.26 Å². The van der Waals surface area contributed by atoms with Gasteiger partial charge < -0.3 is 5.32 Å². The second-order valence-electron chi connectivity index (χ2n) is 4.31. The largest absolute Gasteiger partial charge is 0.384 e. The lowest BCUT2D eigenvalue weighted by atomic mass is 10.2. The minimum Gasteiger partial charge on any atom is -0.384 e. The maximum atomic E-state index is 11.6. The Morgan fingerprint density at radius 1 is 1.16 bits per heavy atom. The van der Waals surface area contributed by atoms with Gasteiger partial charge in [0.25, 0.3) is 0 Å². The number of sulfone groups is 1. The zero-order chi connectivity index (χ0) is 13.7. The summed E-state index contributed by atoms with van der Waals surface area (Å²) in [5, 5.41) is 3.16. The van der Waals surface area contributed by atoms with E-state index in [0.717, 1.165) is 12.0 Å². The third kappa shape index (κ3) is 3.79. The Kier molecular flexibility index (Phi) is 4.16. The molecule has 0 unspecified atom stereocenters. The Bertz CT molecular complexity index is 640. The van der Waals surface area contributed by atoms with Crippen LogP contribution in [0.1, 0.15) is 5.56 Å². The quantitative estimate of drug-likeness (QED) is 0.909. The average Bonchev–Trinajstić information content (AvgIpc) is 2.39. The van der Waals surface area contributed by atoms with Crippen LogP contribution in [0.2, 0.25) is 0 Å². The van der Waals surface area contributed by atoms with Gasteiger partial charge in [-0.2, -0.15) is 0 Å². The monoisotopic (exact) mass is 276 g/mol. The molecule has 1 heterocycles. The topological polar surface area (TPSA) is 59.1 Å². The highest BCUT2D eigenvalue weighted by atomic mass is 32.2. The van der Waals surface area contributed by atoms with Crippen LogP contribution in [0.25, 0.3) is 0 Å². The van der Waals surface area contributed by atoms with Gasteiger partial charge in [-0.1, -0.05) is 18.2 Å². The van der Waals surface area contributed by atoms with Crippen molar-refractivity contribution in [2.75, 3.05) is 18.1 Å². The van der Waals surface area contributed by atoms with E-state index in [1.54, 1.807) is 24.4 Å². The molecule has 2 aromatic rings. The maximum absolute atomic E-state index is 11.6. The van der Waals surface area contributed by atoms with Crippen LogP contribution < -0.4 is 5.32 Å². The molecule has 0 radical (unpaired) electrons. The van der Waals surface area contributed by atoms with E-state index in [2.05, 4.69) is 10.3 Å². The third-order valence-corrected chi connectivity index (χ3v) is 3.89. The molecule has 1 aromatic heterocycles. The first kappa shape index (κ1) is 13.5. The molecular formula is C14H16N2O2S. The fourth-order valence-corrected chi connectivity index (χ4v) is 2.69. The van der Waals surface area contributed by atoms with E-state index < -0.39 is 9.84 Å². The smallest absolute Gasteiger partial charge is 0.177 e. The number of rotatable bonds is 5. The molecule has 0 amide bonds. The molecule has 1 N–H and O–H groups in total. The first-order chi connectivity index (χ1) is 9.07. The summed E-state index contributed by atoms with van der Waals surface area (Å²) in [6, 6.07) is 10.8. The van der Waals surface area contributed by atoms with E-state index in [0.29, 0.717) is 17.1 Å². The number of para-hydroxylation sites is 1. The van der Waals surface area contributed by atoms with E-state index in [-0.39, 0.29) is 0 Å². The van der Waals surface area contributed by atoms with Gasteiger partial charge in [0.05, 0.1) is 10.6 Å². The van der Waals surface area contributed by atoms with Crippen molar-refractivity contribution in [3.63, 3.8) is 0 Å². The van der Waals surface area contributed by atoms with Gasteiger partial charge in [-0.25, -0.2) is 8.42 Å². The number of nitrogens with one attached hydrogen (secondary N) is 1. The minimum absolute atomic E-state index is 0.334. The first-order valence-corrected chi connectivity index (χ1v) is 7.88. The first-order valence-electron chi connectivity index (χ1n) is 5.99. The molecule has 0 saturated heterocycles. The summed E-state index contributed by atoms with van der Waals surface area (Å²) in [5.41, 5.74) is 1.76. The molecule has 1 aromatic carbocycles. The average molecular weight is 276 g/mol. The molecule has 0 aliphatic heterocycles. The molecule has 0 aliphatic carbocycles. The Morgan fingerprint density at radius 3 is 2.63 bits per heavy atom. The van der Waals surface area contributed by atoms with Crippen LogP contribution in [0.5, 0.6) is 0 Å². The molecule has 2 rings (SSSR count). The maximum Gasteiger partial charge on any atom is 0.177 e. The van der Waals surface area contributed by atoms with Gasteiger partial charge in [0.2, 0.25) is 0 Å². The standard InChI is InChI=1S/C14H16N2O2S/c1-19(17,18)14-7-3-2-6-13(14)16-10-8-12-5-4-9-15-11-12/h2-7,9,11,16H,8,10H2,1H3. The molecule has 0 aliphatic rings. The second-order valence-corrected chi connectivity index (χ2v) is 6.29. The summed E-state index contributed by atoms with van der Waals surface area (Å²) in [7, 11) is -3.20. The van der Waals surface area contributed by atoms with Crippen molar-refractivity contribution in [2.45, 2.75) is 11.3 Å². The number of pyridine rings is 1. The van der Waals surface area contributed by atoms with Crippen molar-refractivity contribution in [3.8, 4) is 0 Å². The number of hydrogen-bond donors (Lipinski definition) is 1. The van der Waals surface area contributed by atoms with Crippen LogP contribution in [0.4, 0.5) is 5.69 Å². The highest BCUT2D eigenvalue weighted by molar-refractivity contribution is 7.90. The van der Waals surface area contributed by atoms with Crippen LogP contribution in [0.3, 0.4) is 0 Å². The Labute approximate surface area is 113 Å². The zero-order valence-corrected chi connectivity index (χ0v) is 11.5. The van der Waals surface area contributed by atoms with E-state index in [1.807, 2.05) is 24.4 Å². The molecule has 100 valence electrons. The van der Waals surface area contributed by atoms with E-state index in [4.69, 9.17) is 0 Å². The van der Waals surface area contributed by atoms with Crippen molar-refractivity contribution in [1.82, 2.24) is 4.98 Å². The van der Waals surface area contributed by atoms with Gasteiger partial charge in [0.1, 0.15) is 0 Å². The number of anilines is 1. The van der Waals surface area contributed by atoms with Crippen molar-refractivity contribution in [3.05, 3.63) is 54.4 Å². The fraction of sp³-hybridized carbons (Fsp3) is 0.214. The van der Waals surface area contributed by atoms with Crippen LogP contribution >= 0.6 is 0 Å². The molecule has 0 bridgehead atoms. The molecule has 0 atom stereocenters. The van der Waals surface area contributed by atoms with Gasteiger partial charge in [0, 0.05) is 25.2 Å². The summed E-state index contributed by atoms with van der Waals surface area (Å²) >= 11 is 0. The Morgan fingerprint density at radius 2 is 1.95 bits per heavy atom. The summed E-state index contributed by atoms with van der Waals surface area (Å²) in [6.45, 7) is 0.665. The number of hydrogen-bond acceptors (Lipinski definition) is 4. The highest BCUT2D eigenvalue weighted by Gasteiger charge is 2.11. The lowest BCUT2D eigenvalue weighted by molar-refractivity contribution is 0.602. The SMILES string of the molecule is CS(=O)(=O)c1ccccc1NCCc1cccnc1. The number of nitrogens with zero attached hydrogens (tertiary/aromatic N) is 1. The normalized spacial score (nSPS) is 11.2.